The SMILES string of the molecule is CC1=C(C(=O)Nc2ccc(C)cc2)C(c2cccc(Br)c2)n2nnnc2N1. The van der Waals surface area contributed by atoms with Crippen molar-refractivity contribution in [2.45, 2.75) is 19.9 Å². The maximum absolute atomic E-state index is 13.2. The number of benzene rings is 2. The summed E-state index contributed by atoms with van der Waals surface area (Å²) in [5.41, 5.74) is 4.06. The Balaban J connectivity index is 1.76. The smallest absolute Gasteiger partial charge is 0.255 e. The molecule has 1 amide bonds. The van der Waals surface area contributed by atoms with Gasteiger partial charge >= 0.3 is 0 Å². The number of nitrogens with zero attached hydrogens (tertiary/aromatic N) is 4. The molecule has 7 nitrogen and oxygen atoms in total. The summed E-state index contributed by atoms with van der Waals surface area (Å²) in [5, 5.41) is 17.9. The largest absolute Gasteiger partial charge is 0.326 e. The number of aryl methyl sites for hydroxylation is 1. The molecule has 1 atom stereocenters. The molecular weight excluding hydrogens is 408 g/mol. The van der Waals surface area contributed by atoms with Crippen molar-refractivity contribution < 1.29 is 4.79 Å². The van der Waals surface area contributed by atoms with Crippen molar-refractivity contribution in [3.63, 3.8) is 0 Å². The van der Waals surface area contributed by atoms with E-state index in [9.17, 15) is 4.79 Å². The summed E-state index contributed by atoms with van der Waals surface area (Å²) < 4.78 is 2.54. The van der Waals surface area contributed by atoms with Crippen LogP contribution in [0.5, 0.6) is 0 Å². The summed E-state index contributed by atoms with van der Waals surface area (Å²) in [4.78, 5) is 13.2. The van der Waals surface area contributed by atoms with Crippen LogP contribution in [0.15, 0.2) is 64.3 Å². The van der Waals surface area contributed by atoms with Crippen molar-refractivity contribution in [3.05, 3.63) is 75.4 Å². The van der Waals surface area contributed by atoms with Crippen LogP contribution in [0.3, 0.4) is 0 Å². The van der Waals surface area contributed by atoms with Crippen LogP contribution in [-0.4, -0.2) is 26.1 Å². The number of hydrogen-bond donors (Lipinski definition) is 2. The molecule has 0 saturated heterocycles. The molecule has 1 aromatic heterocycles. The topological polar surface area (TPSA) is 84.7 Å². The molecule has 0 spiro atoms. The predicted molar refractivity (Wildman–Crippen MR) is 106 cm³/mol. The zero-order valence-electron chi connectivity index (χ0n) is 14.8. The van der Waals surface area contributed by atoms with Crippen molar-refractivity contribution in [1.29, 1.82) is 0 Å². The number of hydrogen-bond acceptors (Lipinski definition) is 5. The van der Waals surface area contributed by atoms with Crippen LogP contribution < -0.4 is 10.6 Å². The van der Waals surface area contributed by atoms with Crippen LogP contribution in [0, 0.1) is 6.92 Å². The van der Waals surface area contributed by atoms with Gasteiger partial charge in [-0.3, -0.25) is 4.79 Å². The van der Waals surface area contributed by atoms with Crippen LogP contribution in [0.4, 0.5) is 11.6 Å². The maximum Gasteiger partial charge on any atom is 0.255 e. The minimum Gasteiger partial charge on any atom is -0.326 e. The number of allylic oxidation sites excluding steroid dienone is 1. The summed E-state index contributed by atoms with van der Waals surface area (Å²) >= 11 is 3.50. The molecule has 27 heavy (non-hydrogen) atoms. The van der Waals surface area contributed by atoms with E-state index in [4.69, 9.17) is 0 Å². The number of rotatable bonds is 3. The Morgan fingerprint density at radius 1 is 1.19 bits per heavy atom. The summed E-state index contributed by atoms with van der Waals surface area (Å²) in [6, 6.07) is 15.0. The number of carbonyl (C=O) groups is 1. The summed E-state index contributed by atoms with van der Waals surface area (Å²) in [5.74, 6) is 0.305. The lowest BCUT2D eigenvalue weighted by molar-refractivity contribution is -0.113. The molecule has 0 bridgehead atoms. The molecule has 8 heteroatoms. The molecule has 0 aliphatic carbocycles. The third-order valence-electron chi connectivity index (χ3n) is 4.43. The molecule has 4 rings (SSSR count). The number of fused-ring (bicyclic) bond motifs is 1. The lowest BCUT2D eigenvalue weighted by Gasteiger charge is -2.28. The predicted octanol–water partition coefficient (Wildman–Crippen LogP) is 3.67. The highest BCUT2D eigenvalue weighted by atomic mass is 79.9. The van der Waals surface area contributed by atoms with Crippen molar-refractivity contribution in [3.8, 4) is 0 Å². The van der Waals surface area contributed by atoms with Gasteiger partial charge in [0.25, 0.3) is 5.91 Å². The van der Waals surface area contributed by atoms with E-state index in [1.165, 1.54) is 0 Å². The molecule has 0 fully saturated rings. The van der Waals surface area contributed by atoms with Gasteiger partial charge in [0, 0.05) is 15.9 Å². The second-order valence-electron chi connectivity index (χ2n) is 6.39. The Hall–Kier alpha value is -3.00. The molecular formula is C19H17BrN6O. The number of nitrogens with one attached hydrogen (secondary N) is 2. The highest BCUT2D eigenvalue weighted by molar-refractivity contribution is 9.10. The molecule has 2 N–H and O–H groups in total. The fourth-order valence-corrected chi connectivity index (χ4v) is 3.54. The Labute approximate surface area is 164 Å². The molecule has 2 aromatic carbocycles. The van der Waals surface area contributed by atoms with E-state index < -0.39 is 6.04 Å². The van der Waals surface area contributed by atoms with Gasteiger partial charge in [0.2, 0.25) is 5.95 Å². The quantitative estimate of drug-likeness (QED) is 0.669. The van der Waals surface area contributed by atoms with Gasteiger partial charge in [-0.2, -0.15) is 4.68 Å². The Bertz CT molecular complexity index is 1040. The van der Waals surface area contributed by atoms with Gasteiger partial charge in [0.15, 0.2) is 0 Å². The second kappa shape index (κ2) is 6.96. The molecule has 3 aromatic rings. The third kappa shape index (κ3) is 3.35. The average molecular weight is 425 g/mol. The van der Waals surface area contributed by atoms with Gasteiger partial charge in [-0.15, -0.1) is 0 Å². The lowest BCUT2D eigenvalue weighted by atomic mass is 9.95. The lowest BCUT2D eigenvalue weighted by Crippen LogP contribution is -2.31. The average Bonchev–Trinajstić information content (AvgIpc) is 3.10. The van der Waals surface area contributed by atoms with E-state index in [1.54, 1.807) is 4.68 Å². The first-order valence-corrected chi connectivity index (χ1v) is 9.21. The summed E-state index contributed by atoms with van der Waals surface area (Å²) in [6.45, 7) is 3.86. The standard InChI is InChI=1S/C19H17BrN6O/c1-11-6-8-15(9-7-11)22-18(27)16-12(2)21-19-23-24-25-26(19)17(16)13-4-3-5-14(20)10-13/h3-10,17H,1-2H3,(H,22,27)(H,21,23,25). The first-order chi connectivity index (χ1) is 13.0. The fourth-order valence-electron chi connectivity index (χ4n) is 3.13. The molecule has 2 heterocycles. The Kier molecular flexibility index (Phi) is 4.49. The van der Waals surface area contributed by atoms with Crippen LogP contribution in [0.25, 0.3) is 0 Å². The third-order valence-corrected chi connectivity index (χ3v) is 4.93. The number of halogens is 1. The number of anilines is 2. The summed E-state index contributed by atoms with van der Waals surface area (Å²) in [7, 11) is 0. The van der Waals surface area contributed by atoms with E-state index in [2.05, 4.69) is 42.1 Å². The molecule has 0 saturated carbocycles. The molecule has 1 unspecified atom stereocenters. The van der Waals surface area contributed by atoms with Crippen LogP contribution in [-0.2, 0) is 4.79 Å². The number of carbonyl (C=O) groups excluding carboxylic acids is 1. The van der Waals surface area contributed by atoms with Gasteiger partial charge in [-0.1, -0.05) is 50.9 Å². The van der Waals surface area contributed by atoms with Gasteiger partial charge in [0.05, 0.1) is 5.57 Å². The Morgan fingerprint density at radius 3 is 2.70 bits per heavy atom. The summed E-state index contributed by atoms with van der Waals surface area (Å²) in [6.07, 6.45) is 0. The van der Waals surface area contributed by atoms with Gasteiger partial charge < -0.3 is 10.6 Å². The highest BCUT2D eigenvalue weighted by Gasteiger charge is 2.34. The zero-order valence-corrected chi connectivity index (χ0v) is 16.4. The first kappa shape index (κ1) is 17.4. The van der Waals surface area contributed by atoms with Gasteiger partial charge in [0.1, 0.15) is 6.04 Å². The number of aromatic nitrogens is 4. The van der Waals surface area contributed by atoms with E-state index in [-0.39, 0.29) is 5.91 Å². The van der Waals surface area contributed by atoms with E-state index in [0.29, 0.717) is 17.2 Å². The normalized spacial score (nSPS) is 15.9. The fraction of sp³-hybridized carbons (Fsp3) is 0.158. The molecule has 1 aliphatic heterocycles. The van der Waals surface area contributed by atoms with E-state index in [0.717, 1.165) is 21.3 Å². The Morgan fingerprint density at radius 2 is 1.96 bits per heavy atom. The van der Waals surface area contributed by atoms with Crippen molar-refractivity contribution in [2.75, 3.05) is 10.6 Å². The molecule has 1 aliphatic rings. The van der Waals surface area contributed by atoms with E-state index in [1.807, 2.05) is 62.4 Å². The zero-order chi connectivity index (χ0) is 19.0. The maximum atomic E-state index is 13.2. The monoisotopic (exact) mass is 424 g/mol. The van der Waals surface area contributed by atoms with Crippen LogP contribution in [0.2, 0.25) is 0 Å². The van der Waals surface area contributed by atoms with E-state index >= 15 is 0 Å². The number of amides is 1. The minimum absolute atomic E-state index is 0.199. The van der Waals surface area contributed by atoms with Crippen molar-refractivity contribution in [1.82, 2.24) is 20.2 Å². The van der Waals surface area contributed by atoms with Crippen LogP contribution >= 0.6 is 15.9 Å². The van der Waals surface area contributed by atoms with Crippen LogP contribution in [0.1, 0.15) is 24.1 Å². The number of tetrazole rings is 1. The van der Waals surface area contributed by atoms with Gasteiger partial charge in [-0.25, -0.2) is 0 Å². The molecule has 0 radical (unpaired) electrons. The first-order valence-electron chi connectivity index (χ1n) is 8.42. The minimum atomic E-state index is -0.431. The van der Waals surface area contributed by atoms with Gasteiger partial charge in [-0.05, 0) is 54.1 Å². The second-order valence-corrected chi connectivity index (χ2v) is 7.30. The van der Waals surface area contributed by atoms with Crippen molar-refractivity contribution >= 4 is 33.5 Å². The molecule has 136 valence electrons. The highest BCUT2D eigenvalue weighted by Crippen LogP contribution is 2.35. The van der Waals surface area contributed by atoms with Crippen molar-refractivity contribution in [2.24, 2.45) is 0 Å².